The Morgan fingerprint density at radius 3 is 2.56 bits per heavy atom. The van der Waals surface area contributed by atoms with E-state index in [0.717, 1.165) is 5.56 Å². The van der Waals surface area contributed by atoms with Gasteiger partial charge in [0.2, 0.25) is 17.7 Å². The third-order valence-corrected chi connectivity index (χ3v) is 5.46. The Balaban J connectivity index is 1.89. The average Bonchev–Trinajstić information content (AvgIpc) is 3.26. The van der Waals surface area contributed by atoms with Crippen LogP contribution >= 0.6 is 0 Å². The van der Waals surface area contributed by atoms with Crippen LogP contribution in [0.25, 0.3) is 0 Å². The molecular formula is C23H31N5O4. The van der Waals surface area contributed by atoms with E-state index in [0.29, 0.717) is 32.2 Å². The van der Waals surface area contributed by atoms with Crippen LogP contribution in [0, 0.1) is 5.92 Å². The highest BCUT2D eigenvalue weighted by Crippen LogP contribution is 2.22. The van der Waals surface area contributed by atoms with Crippen LogP contribution in [0.1, 0.15) is 61.1 Å². The molecule has 1 aromatic carbocycles. The van der Waals surface area contributed by atoms with Gasteiger partial charge in [-0.15, -0.1) is 0 Å². The number of carbonyl (C=O) groups is 3. The third kappa shape index (κ3) is 6.16. The maximum absolute atomic E-state index is 13.2. The summed E-state index contributed by atoms with van der Waals surface area (Å²) >= 11 is 0. The Morgan fingerprint density at radius 2 is 1.84 bits per heavy atom. The molecule has 0 aliphatic carbocycles. The molecule has 3 amide bonds. The molecule has 0 unspecified atom stereocenters. The van der Waals surface area contributed by atoms with Gasteiger partial charge in [-0.2, -0.15) is 0 Å². The van der Waals surface area contributed by atoms with Crippen LogP contribution < -0.4 is 21.7 Å². The smallest absolute Gasteiger partial charge is 0.273 e. The summed E-state index contributed by atoms with van der Waals surface area (Å²) in [6.45, 7) is 4.26. The van der Waals surface area contributed by atoms with Gasteiger partial charge in [-0.3, -0.25) is 14.4 Å². The molecule has 1 aliphatic heterocycles. The highest BCUT2D eigenvalue weighted by Gasteiger charge is 2.30. The zero-order valence-electron chi connectivity index (χ0n) is 18.5. The van der Waals surface area contributed by atoms with E-state index in [4.69, 9.17) is 10.2 Å². The molecule has 2 bridgehead atoms. The van der Waals surface area contributed by atoms with E-state index in [2.05, 4.69) is 20.9 Å². The lowest BCUT2D eigenvalue weighted by Gasteiger charge is -2.25. The Morgan fingerprint density at radius 1 is 1.09 bits per heavy atom. The SMILES string of the molecule is CC(C)[C@@H]1NC(=O)[C@H](Cc2ccccc2)NC(=O)[C@@H](N)CCCCNC(=O)c2coc1n2. The molecule has 0 saturated carbocycles. The highest BCUT2D eigenvalue weighted by molar-refractivity contribution is 5.92. The lowest BCUT2D eigenvalue weighted by Crippen LogP contribution is -2.53. The summed E-state index contributed by atoms with van der Waals surface area (Å²) in [5.41, 5.74) is 7.14. The van der Waals surface area contributed by atoms with E-state index in [1.807, 2.05) is 44.2 Å². The Bertz CT molecular complexity index is 927. The van der Waals surface area contributed by atoms with Crippen LogP contribution in [-0.4, -0.2) is 41.3 Å². The van der Waals surface area contributed by atoms with Crippen molar-refractivity contribution in [2.45, 2.75) is 57.7 Å². The topological polar surface area (TPSA) is 139 Å². The number of amides is 3. The van der Waals surface area contributed by atoms with Crippen molar-refractivity contribution in [3.05, 3.63) is 53.7 Å². The van der Waals surface area contributed by atoms with Crippen LogP contribution in [0.3, 0.4) is 0 Å². The fourth-order valence-corrected chi connectivity index (χ4v) is 3.55. The second kappa shape index (κ2) is 10.9. The summed E-state index contributed by atoms with van der Waals surface area (Å²) in [4.78, 5) is 42.6. The molecule has 0 radical (unpaired) electrons. The minimum atomic E-state index is -0.817. The van der Waals surface area contributed by atoms with Gasteiger partial charge in [-0.25, -0.2) is 4.98 Å². The molecule has 9 heteroatoms. The molecule has 2 heterocycles. The summed E-state index contributed by atoms with van der Waals surface area (Å²) in [5.74, 6) is -0.916. The molecule has 3 atom stereocenters. The van der Waals surface area contributed by atoms with E-state index in [1.54, 1.807) is 0 Å². The van der Waals surface area contributed by atoms with Crippen molar-refractivity contribution in [2.24, 2.45) is 11.7 Å². The predicted molar refractivity (Wildman–Crippen MR) is 118 cm³/mol. The maximum atomic E-state index is 13.2. The first kappa shape index (κ1) is 23.5. The first-order valence-electron chi connectivity index (χ1n) is 11.0. The minimum absolute atomic E-state index is 0.0669. The zero-order chi connectivity index (χ0) is 23.1. The van der Waals surface area contributed by atoms with E-state index in [9.17, 15) is 14.4 Å². The number of fused-ring (bicyclic) bond motifs is 2. The van der Waals surface area contributed by atoms with Gasteiger partial charge < -0.3 is 26.1 Å². The van der Waals surface area contributed by atoms with E-state index in [1.165, 1.54) is 6.26 Å². The molecule has 0 spiro atoms. The first-order chi connectivity index (χ1) is 15.3. The number of nitrogens with zero attached hydrogens (tertiary/aromatic N) is 1. The van der Waals surface area contributed by atoms with Crippen molar-refractivity contribution < 1.29 is 18.8 Å². The molecule has 9 nitrogen and oxygen atoms in total. The molecule has 3 rings (SSSR count). The number of hydrogen-bond donors (Lipinski definition) is 4. The number of aromatic nitrogens is 1. The van der Waals surface area contributed by atoms with Crippen molar-refractivity contribution in [1.82, 2.24) is 20.9 Å². The van der Waals surface area contributed by atoms with Crippen LogP contribution in [0.5, 0.6) is 0 Å². The fourth-order valence-electron chi connectivity index (χ4n) is 3.55. The summed E-state index contributed by atoms with van der Waals surface area (Å²) in [7, 11) is 0. The van der Waals surface area contributed by atoms with Crippen molar-refractivity contribution in [1.29, 1.82) is 0 Å². The Hall–Kier alpha value is -3.20. The third-order valence-electron chi connectivity index (χ3n) is 5.46. The van der Waals surface area contributed by atoms with E-state index in [-0.39, 0.29) is 35.2 Å². The molecule has 5 N–H and O–H groups in total. The fraction of sp³-hybridized carbons (Fsp3) is 0.478. The molecule has 0 saturated heterocycles. The summed E-state index contributed by atoms with van der Waals surface area (Å²) in [5, 5.41) is 8.53. The predicted octanol–water partition coefficient (Wildman–Crippen LogP) is 1.46. The van der Waals surface area contributed by atoms with Gasteiger partial charge in [0.15, 0.2) is 5.69 Å². The van der Waals surface area contributed by atoms with Crippen LogP contribution in [0.2, 0.25) is 0 Å². The molecule has 1 aromatic heterocycles. The normalized spacial score (nSPS) is 23.4. The molecule has 172 valence electrons. The monoisotopic (exact) mass is 441 g/mol. The Kier molecular flexibility index (Phi) is 7.99. The standard InChI is InChI=1S/C23H31N5O4/c1-14(2)19-23-27-18(13-32-23)21(30)25-11-7-6-10-16(24)20(29)26-17(22(31)28-19)12-15-8-4-3-5-9-15/h3-5,8-9,13-14,16-17,19H,6-7,10-12,24H2,1-2H3,(H,25,30)(H,26,29)(H,28,31)/t16-,17-,19-/m0/s1. The van der Waals surface area contributed by atoms with Crippen LogP contribution in [0.15, 0.2) is 41.0 Å². The largest absolute Gasteiger partial charge is 0.446 e. The van der Waals surface area contributed by atoms with Crippen LogP contribution in [0.4, 0.5) is 0 Å². The van der Waals surface area contributed by atoms with Gasteiger partial charge >= 0.3 is 0 Å². The van der Waals surface area contributed by atoms with Crippen molar-refractivity contribution in [2.75, 3.05) is 6.54 Å². The quantitative estimate of drug-likeness (QED) is 0.569. The van der Waals surface area contributed by atoms with Gasteiger partial charge in [0.1, 0.15) is 18.3 Å². The number of nitrogens with two attached hydrogens (primary N) is 1. The zero-order valence-corrected chi connectivity index (χ0v) is 18.5. The summed E-state index contributed by atoms with van der Waals surface area (Å²) in [6.07, 6.45) is 3.38. The lowest BCUT2D eigenvalue weighted by molar-refractivity contribution is -0.130. The van der Waals surface area contributed by atoms with Crippen molar-refractivity contribution in [3.8, 4) is 0 Å². The van der Waals surface area contributed by atoms with Gasteiger partial charge in [0.05, 0.1) is 6.04 Å². The Labute approximate surface area is 187 Å². The first-order valence-corrected chi connectivity index (χ1v) is 11.0. The molecule has 1 aliphatic rings. The second-order valence-electron chi connectivity index (χ2n) is 8.41. The van der Waals surface area contributed by atoms with Gasteiger partial charge in [-0.1, -0.05) is 44.2 Å². The van der Waals surface area contributed by atoms with E-state index < -0.39 is 18.1 Å². The molecule has 0 fully saturated rings. The summed E-state index contributed by atoms with van der Waals surface area (Å²) in [6, 6.07) is 7.33. The number of benzene rings is 1. The molecule has 2 aromatic rings. The molecule has 32 heavy (non-hydrogen) atoms. The van der Waals surface area contributed by atoms with Gasteiger partial charge in [0.25, 0.3) is 5.91 Å². The van der Waals surface area contributed by atoms with Crippen molar-refractivity contribution in [3.63, 3.8) is 0 Å². The summed E-state index contributed by atoms with van der Waals surface area (Å²) < 4.78 is 5.53. The lowest BCUT2D eigenvalue weighted by atomic mass is 10.0. The second-order valence-corrected chi connectivity index (χ2v) is 8.41. The molecular weight excluding hydrogens is 410 g/mol. The number of carbonyl (C=O) groups excluding carboxylic acids is 3. The number of nitrogens with one attached hydrogen (secondary N) is 3. The van der Waals surface area contributed by atoms with E-state index >= 15 is 0 Å². The van der Waals surface area contributed by atoms with Crippen LogP contribution in [-0.2, 0) is 16.0 Å². The van der Waals surface area contributed by atoms with Crippen molar-refractivity contribution >= 4 is 17.7 Å². The van der Waals surface area contributed by atoms with Gasteiger partial charge in [0, 0.05) is 13.0 Å². The number of rotatable bonds is 3. The number of oxazole rings is 1. The van der Waals surface area contributed by atoms with Gasteiger partial charge in [-0.05, 0) is 30.7 Å². The highest BCUT2D eigenvalue weighted by atomic mass is 16.3. The maximum Gasteiger partial charge on any atom is 0.273 e. The average molecular weight is 442 g/mol. The number of hydrogen-bond acceptors (Lipinski definition) is 6. The minimum Gasteiger partial charge on any atom is -0.446 e.